The summed E-state index contributed by atoms with van der Waals surface area (Å²) in [5, 5.41) is 0. The summed E-state index contributed by atoms with van der Waals surface area (Å²) in [5.41, 5.74) is -0.0804. The zero-order chi connectivity index (χ0) is 12.6. The summed E-state index contributed by atoms with van der Waals surface area (Å²) in [5.74, 6) is 2.57. The maximum Gasteiger partial charge on any atom is 0.312 e. The first-order valence-corrected chi connectivity index (χ1v) is 7.50. The van der Waals surface area contributed by atoms with Crippen LogP contribution >= 0.6 is 0 Å². The number of ether oxygens (including phenoxy) is 1. The lowest BCUT2D eigenvalue weighted by Gasteiger charge is -2.55. The molecule has 2 nitrogen and oxygen atoms in total. The van der Waals surface area contributed by atoms with Gasteiger partial charge in [-0.2, -0.15) is 0 Å². The van der Waals surface area contributed by atoms with E-state index in [1.807, 2.05) is 6.08 Å². The third-order valence-corrected chi connectivity index (χ3v) is 5.26. The van der Waals surface area contributed by atoms with Gasteiger partial charge in [0, 0.05) is 0 Å². The number of carbonyl (C=O) groups is 1. The van der Waals surface area contributed by atoms with Crippen molar-refractivity contribution < 1.29 is 9.53 Å². The quantitative estimate of drug-likeness (QED) is 0.421. The monoisotopic (exact) mass is 248 g/mol. The van der Waals surface area contributed by atoms with Crippen molar-refractivity contribution >= 4 is 5.97 Å². The minimum atomic E-state index is -0.0804. The van der Waals surface area contributed by atoms with Crippen LogP contribution in [0.15, 0.2) is 12.7 Å². The molecule has 0 amide bonds. The van der Waals surface area contributed by atoms with Gasteiger partial charge < -0.3 is 4.74 Å². The van der Waals surface area contributed by atoms with Crippen LogP contribution in [0.1, 0.15) is 51.4 Å². The molecular weight excluding hydrogens is 224 g/mol. The van der Waals surface area contributed by atoms with Gasteiger partial charge in [0.2, 0.25) is 0 Å². The molecule has 0 saturated heterocycles. The second-order valence-electron chi connectivity index (χ2n) is 6.76. The largest absolute Gasteiger partial charge is 0.465 e. The van der Waals surface area contributed by atoms with Crippen LogP contribution in [0.2, 0.25) is 0 Å². The molecule has 0 atom stereocenters. The van der Waals surface area contributed by atoms with Crippen LogP contribution in [0.3, 0.4) is 0 Å². The lowest BCUT2D eigenvalue weighted by Crippen LogP contribution is -2.50. The summed E-state index contributed by atoms with van der Waals surface area (Å²) in [7, 11) is 0. The highest BCUT2D eigenvalue weighted by atomic mass is 16.5. The van der Waals surface area contributed by atoms with Crippen LogP contribution in [0, 0.1) is 23.2 Å². The highest BCUT2D eigenvalue weighted by Gasteiger charge is 2.55. The predicted octanol–water partition coefficient (Wildman–Crippen LogP) is 3.71. The number of esters is 1. The smallest absolute Gasteiger partial charge is 0.312 e. The molecule has 0 unspecified atom stereocenters. The van der Waals surface area contributed by atoms with Gasteiger partial charge >= 0.3 is 5.97 Å². The summed E-state index contributed by atoms with van der Waals surface area (Å²) < 4.78 is 5.54. The van der Waals surface area contributed by atoms with Gasteiger partial charge in [0.25, 0.3) is 0 Å². The lowest BCUT2D eigenvalue weighted by molar-refractivity contribution is -0.171. The highest BCUT2D eigenvalue weighted by molar-refractivity contribution is 5.77. The molecule has 0 aromatic rings. The van der Waals surface area contributed by atoms with Gasteiger partial charge in [0.05, 0.1) is 12.0 Å². The molecule has 0 aromatic heterocycles. The molecule has 0 radical (unpaired) electrons. The van der Waals surface area contributed by atoms with Crippen molar-refractivity contribution in [3.63, 3.8) is 0 Å². The Morgan fingerprint density at radius 1 is 1.17 bits per heavy atom. The number of carbonyl (C=O) groups excluding carboxylic acids is 1. The molecule has 2 heteroatoms. The van der Waals surface area contributed by atoms with Crippen LogP contribution in [-0.2, 0) is 9.53 Å². The molecule has 4 aliphatic rings. The van der Waals surface area contributed by atoms with Gasteiger partial charge in [-0.15, -0.1) is 6.58 Å². The standard InChI is InChI=1S/C16H24O2/c1-2-3-4-5-18-15(17)16-9-12-6-13(10-16)8-14(7-12)11-16/h2,12-14H,1,3-11H2. The van der Waals surface area contributed by atoms with Gasteiger partial charge in [-0.1, -0.05) is 6.08 Å². The molecule has 4 saturated carbocycles. The molecule has 0 N–H and O–H groups in total. The minimum absolute atomic E-state index is 0.0804. The molecule has 0 aromatic carbocycles. The van der Waals surface area contributed by atoms with E-state index in [2.05, 4.69) is 6.58 Å². The van der Waals surface area contributed by atoms with Crippen molar-refractivity contribution in [1.29, 1.82) is 0 Å². The second-order valence-corrected chi connectivity index (χ2v) is 6.76. The minimum Gasteiger partial charge on any atom is -0.465 e. The molecule has 4 aliphatic carbocycles. The zero-order valence-corrected chi connectivity index (χ0v) is 11.2. The van der Waals surface area contributed by atoms with Crippen molar-refractivity contribution in [2.75, 3.05) is 6.61 Å². The van der Waals surface area contributed by atoms with Gasteiger partial charge in [0.1, 0.15) is 0 Å². The third kappa shape index (κ3) is 2.10. The van der Waals surface area contributed by atoms with Crippen molar-refractivity contribution in [2.24, 2.45) is 23.2 Å². The van der Waals surface area contributed by atoms with Crippen LogP contribution in [0.4, 0.5) is 0 Å². The molecule has 4 fully saturated rings. The number of rotatable bonds is 5. The summed E-state index contributed by atoms with van der Waals surface area (Å²) >= 11 is 0. The molecule has 100 valence electrons. The topological polar surface area (TPSA) is 26.3 Å². The van der Waals surface area contributed by atoms with Gasteiger partial charge in [0.15, 0.2) is 0 Å². The van der Waals surface area contributed by atoms with Gasteiger partial charge in [-0.05, 0) is 69.1 Å². The van der Waals surface area contributed by atoms with E-state index in [0.717, 1.165) is 49.9 Å². The average Bonchev–Trinajstić information content (AvgIpc) is 2.32. The van der Waals surface area contributed by atoms with E-state index in [1.165, 1.54) is 19.3 Å². The Hall–Kier alpha value is -0.790. The van der Waals surface area contributed by atoms with Crippen LogP contribution in [-0.4, -0.2) is 12.6 Å². The van der Waals surface area contributed by atoms with Crippen LogP contribution in [0.25, 0.3) is 0 Å². The summed E-state index contributed by atoms with van der Waals surface area (Å²) in [6.45, 7) is 4.27. The van der Waals surface area contributed by atoms with E-state index in [1.54, 1.807) is 0 Å². The fourth-order valence-corrected chi connectivity index (χ4v) is 4.91. The Bertz CT molecular complexity index is 310. The fourth-order valence-electron chi connectivity index (χ4n) is 4.91. The normalized spacial score (nSPS) is 40.8. The van der Waals surface area contributed by atoms with E-state index in [0.29, 0.717) is 6.61 Å². The molecule has 0 spiro atoms. The van der Waals surface area contributed by atoms with E-state index in [-0.39, 0.29) is 11.4 Å². The third-order valence-electron chi connectivity index (χ3n) is 5.26. The number of hydrogen-bond donors (Lipinski definition) is 0. The number of allylic oxidation sites excluding steroid dienone is 1. The predicted molar refractivity (Wildman–Crippen MR) is 71.0 cm³/mol. The zero-order valence-electron chi connectivity index (χ0n) is 11.2. The van der Waals surface area contributed by atoms with Gasteiger partial charge in [-0.25, -0.2) is 0 Å². The fraction of sp³-hybridized carbons (Fsp3) is 0.812. The average molecular weight is 248 g/mol. The highest BCUT2D eigenvalue weighted by Crippen LogP contribution is 2.60. The Labute approximate surface area is 110 Å². The molecule has 0 aliphatic heterocycles. The Balaban J connectivity index is 1.60. The van der Waals surface area contributed by atoms with Crippen molar-refractivity contribution in [3.05, 3.63) is 12.7 Å². The first kappa shape index (κ1) is 12.3. The first-order valence-electron chi connectivity index (χ1n) is 7.50. The molecule has 4 rings (SSSR count). The maximum absolute atomic E-state index is 12.4. The van der Waals surface area contributed by atoms with Crippen LogP contribution < -0.4 is 0 Å². The van der Waals surface area contributed by atoms with E-state index >= 15 is 0 Å². The second kappa shape index (κ2) is 4.71. The van der Waals surface area contributed by atoms with Crippen molar-refractivity contribution in [3.8, 4) is 0 Å². The first-order chi connectivity index (χ1) is 8.72. The lowest BCUT2D eigenvalue weighted by atomic mass is 9.49. The van der Waals surface area contributed by atoms with E-state index in [4.69, 9.17) is 4.74 Å². The SMILES string of the molecule is C=CCCCOC(=O)C12CC3CC(CC(C3)C1)C2. The number of hydrogen-bond acceptors (Lipinski definition) is 2. The molecular formula is C16H24O2. The van der Waals surface area contributed by atoms with Crippen LogP contribution in [0.5, 0.6) is 0 Å². The molecule has 0 heterocycles. The van der Waals surface area contributed by atoms with Gasteiger partial charge in [-0.3, -0.25) is 4.79 Å². The summed E-state index contributed by atoms with van der Waals surface area (Å²) in [6, 6.07) is 0. The Kier molecular flexibility index (Phi) is 3.21. The Morgan fingerprint density at radius 3 is 2.22 bits per heavy atom. The van der Waals surface area contributed by atoms with Crippen molar-refractivity contribution in [1.82, 2.24) is 0 Å². The van der Waals surface area contributed by atoms with E-state index < -0.39 is 0 Å². The number of unbranched alkanes of at least 4 members (excludes halogenated alkanes) is 1. The summed E-state index contributed by atoms with van der Waals surface area (Å²) in [4.78, 5) is 12.4. The molecule has 4 bridgehead atoms. The molecule has 18 heavy (non-hydrogen) atoms. The van der Waals surface area contributed by atoms with E-state index in [9.17, 15) is 4.79 Å². The summed E-state index contributed by atoms with van der Waals surface area (Å²) in [6.07, 6.45) is 11.2. The maximum atomic E-state index is 12.4. The Morgan fingerprint density at radius 2 is 1.72 bits per heavy atom. The van der Waals surface area contributed by atoms with Crippen molar-refractivity contribution in [2.45, 2.75) is 51.4 Å².